The summed E-state index contributed by atoms with van der Waals surface area (Å²) in [7, 11) is 3.29. The second-order valence-electron chi connectivity index (χ2n) is 4.54. The largest absolute Gasteiger partial charge is 0.497 e. The molecule has 0 unspecified atom stereocenters. The predicted molar refractivity (Wildman–Crippen MR) is 79.4 cm³/mol. The third-order valence-electron chi connectivity index (χ3n) is 2.93. The fourth-order valence-corrected chi connectivity index (χ4v) is 1.90. The Balaban J connectivity index is 2.09. The molecule has 2 rings (SSSR count). The van der Waals surface area contributed by atoms with E-state index in [9.17, 15) is 0 Å². The Morgan fingerprint density at radius 3 is 2.62 bits per heavy atom. The molecular weight excluding hydrogens is 268 g/mol. The molecular formula is C16H20N2O3. The Labute approximate surface area is 124 Å². The van der Waals surface area contributed by atoms with Crippen LogP contribution in [0.3, 0.4) is 0 Å². The van der Waals surface area contributed by atoms with Crippen molar-refractivity contribution in [2.24, 2.45) is 0 Å². The zero-order valence-electron chi connectivity index (χ0n) is 12.6. The first-order valence-electron chi connectivity index (χ1n) is 6.86. The molecule has 0 fully saturated rings. The summed E-state index contributed by atoms with van der Waals surface area (Å²) in [5.74, 6) is 2.13. The van der Waals surface area contributed by atoms with E-state index in [-0.39, 0.29) is 0 Å². The number of methoxy groups -OCH3 is 2. The summed E-state index contributed by atoms with van der Waals surface area (Å²) in [6.45, 7) is 2.90. The Kier molecular flexibility index (Phi) is 5.51. The Morgan fingerprint density at radius 2 is 1.90 bits per heavy atom. The number of hydrogen-bond donors (Lipinski definition) is 0. The molecule has 5 heteroatoms. The van der Waals surface area contributed by atoms with Gasteiger partial charge < -0.3 is 14.2 Å². The zero-order valence-corrected chi connectivity index (χ0v) is 12.6. The highest BCUT2D eigenvalue weighted by Crippen LogP contribution is 2.16. The second-order valence-corrected chi connectivity index (χ2v) is 4.54. The number of rotatable bonds is 7. The van der Waals surface area contributed by atoms with Crippen LogP contribution < -0.4 is 9.47 Å². The van der Waals surface area contributed by atoms with Gasteiger partial charge in [-0.1, -0.05) is 19.1 Å². The minimum atomic E-state index is 0.434. The van der Waals surface area contributed by atoms with Gasteiger partial charge >= 0.3 is 0 Å². The average molecular weight is 288 g/mol. The van der Waals surface area contributed by atoms with Gasteiger partial charge in [0.25, 0.3) is 0 Å². The molecule has 1 heterocycles. The summed E-state index contributed by atoms with van der Waals surface area (Å²) in [5.41, 5.74) is 1.85. The first-order chi connectivity index (χ1) is 10.2. The molecule has 21 heavy (non-hydrogen) atoms. The monoisotopic (exact) mass is 288 g/mol. The second kappa shape index (κ2) is 7.59. The van der Waals surface area contributed by atoms with Crippen molar-refractivity contribution in [1.82, 2.24) is 9.97 Å². The molecule has 0 bridgehead atoms. The third kappa shape index (κ3) is 4.43. The van der Waals surface area contributed by atoms with Crippen LogP contribution in [0.15, 0.2) is 30.3 Å². The minimum absolute atomic E-state index is 0.434. The first-order valence-corrected chi connectivity index (χ1v) is 6.86. The smallest absolute Gasteiger partial charge is 0.217 e. The van der Waals surface area contributed by atoms with E-state index in [1.165, 1.54) is 0 Å². The molecule has 0 spiro atoms. The SMILES string of the molecule is CCc1nc(COC)cc(OCc2cccc(OC)c2)n1. The zero-order chi connectivity index (χ0) is 15.1. The fraction of sp³-hybridized carbons (Fsp3) is 0.375. The molecule has 112 valence electrons. The van der Waals surface area contributed by atoms with E-state index >= 15 is 0 Å². The molecule has 0 aliphatic heterocycles. The lowest BCUT2D eigenvalue weighted by atomic mass is 10.2. The lowest BCUT2D eigenvalue weighted by molar-refractivity contribution is 0.180. The maximum atomic E-state index is 5.76. The summed E-state index contributed by atoms with van der Waals surface area (Å²) in [5, 5.41) is 0. The van der Waals surface area contributed by atoms with E-state index < -0.39 is 0 Å². The van der Waals surface area contributed by atoms with Crippen LogP contribution in [0.5, 0.6) is 11.6 Å². The van der Waals surface area contributed by atoms with Crippen molar-refractivity contribution in [3.05, 3.63) is 47.4 Å². The lowest BCUT2D eigenvalue weighted by Gasteiger charge is -2.09. The molecule has 0 N–H and O–H groups in total. The highest BCUT2D eigenvalue weighted by Gasteiger charge is 2.05. The number of aryl methyl sites for hydroxylation is 1. The van der Waals surface area contributed by atoms with Crippen LogP contribution in [-0.2, 0) is 24.4 Å². The fourth-order valence-electron chi connectivity index (χ4n) is 1.90. The van der Waals surface area contributed by atoms with Gasteiger partial charge in [0.1, 0.15) is 18.2 Å². The highest BCUT2D eigenvalue weighted by molar-refractivity contribution is 5.28. The molecule has 0 amide bonds. The highest BCUT2D eigenvalue weighted by atomic mass is 16.5. The molecule has 5 nitrogen and oxygen atoms in total. The van der Waals surface area contributed by atoms with Crippen LogP contribution in [0.25, 0.3) is 0 Å². The van der Waals surface area contributed by atoms with Crippen LogP contribution >= 0.6 is 0 Å². The van der Waals surface area contributed by atoms with Crippen molar-refractivity contribution in [3.63, 3.8) is 0 Å². The van der Waals surface area contributed by atoms with Gasteiger partial charge in [-0.3, -0.25) is 0 Å². The van der Waals surface area contributed by atoms with E-state index in [2.05, 4.69) is 9.97 Å². The maximum Gasteiger partial charge on any atom is 0.217 e. The number of nitrogens with zero attached hydrogens (tertiary/aromatic N) is 2. The van der Waals surface area contributed by atoms with Gasteiger partial charge in [-0.15, -0.1) is 0 Å². The van der Waals surface area contributed by atoms with Crippen molar-refractivity contribution in [2.75, 3.05) is 14.2 Å². The van der Waals surface area contributed by atoms with E-state index in [0.29, 0.717) is 19.1 Å². The number of ether oxygens (including phenoxy) is 3. The summed E-state index contributed by atoms with van der Waals surface area (Å²) >= 11 is 0. The van der Waals surface area contributed by atoms with Gasteiger partial charge in [0, 0.05) is 19.6 Å². The quantitative estimate of drug-likeness (QED) is 0.784. The van der Waals surface area contributed by atoms with Gasteiger partial charge in [0.15, 0.2) is 0 Å². The molecule has 2 aromatic rings. The Morgan fingerprint density at radius 1 is 1.05 bits per heavy atom. The number of benzene rings is 1. The van der Waals surface area contributed by atoms with E-state index in [1.54, 1.807) is 14.2 Å². The lowest BCUT2D eigenvalue weighted by Crippen LogP contribution is -2.04. The summed E-state index contributed by atoms with van der Waals surface area (Å²) in [6, 6.07) is 9.58. The standard InChI is InChI=1S/C16H20N2O3/c1-4-15-17-13(11-19-2)9-16(18-15)21-10-12-6-5-7-14(8-12)20-3/h5-9H,4,10-11H2,1-3H3. The van der Waals surface area contributed by atoms with Crippen molar-refractivity contribution in [3.8, 4) is 11.6 Å². The van der Waals surface area contributed by atoms with Crippen LogP contribution in [0.2, 0.25) is 0 Å². The third-order valence-corrected chi connectivity index (χ3v) is 2.93. The maximum absolute atomic E-state index is 5.76. The van der Waals surface area contributed by atoms with Crippen LogP contribution in [-0.4, -0.2) is 24.2 Å². The van der Waals surface area contributed by atoms with Crippen LogP contribution in [0, 0.1) is 0 Å². The van der Waals surface area contributed by atoms with Crippen molar-refractivity contribution in [2.45, 2.75) is 26.6 Å². The Bertz CT molecular complexity index is 587. The minimum Gasteiger partial charge on any atom is -0.497 e. The molecule has 1 aromatic heterocycles. The molecule has 0 aliphatic carbocycles. The molecule has 0 radical (unpaired) electrons. The Hall–Kier alpha value is -2.14. The van der Waals surface area contributed by atoms with E-state index in [4.69, 9.17) is 14.2 Å². The number of aromatic nitrogens is 2. The summed E-state index contributed by atoms with van der Waals surface area (Å²) in [4.78, 5) is 8.76. The summed E-state index contributed by atoms with van der Waals surface area (Å²) in [6.07, 6.45) is 0.757. The van der Waals surface area contributed by atoms with E-state index in [1.807, 2.05) is 37.3 Å². The average Bonchev–Trinajstić information content (AvgIpc) is 2.53. The van der Waals surface area contributed by atoms with Crippen LogP contribution in [0.1, 0.15) is 24.0 Å². The molecule has 0 saturated heterocycles. The van der Waals surface area contributed by atoms with Crippen LogP contribution in [0.4, 0.5) is 0 Å². The van der Waals surface area contributed by atoms with Gasteiger partial charge in [0.2, 0.25) is 5.88 Å². The van der Waals surface area contributed by atoms with Gasteiger partial charge in [0.05, 0.1) is 19.4 Å². The van der Waals surface area contributed by atoms with Gasteiger partial charge in [-0.2, -0.15) is 4.98 Å². The van der Waals surface area contributed by atoms with Crippen molar-refractivity contribution < 1.29 is 14.2 Å². The number of hydrogen-bond acceptors (Lipinski definition) is 5. The molecule has 0 saturated carbocycles. The predicted octanol–water partition coefficient (Wildman–Crippen LogP) is 2.77. The van der Waals surface area contributed by atoms with Gasteiger partial charge in [-0.05, 0) is 17.7 Å². The first kappa shape index (κ1) is 15.3. The van der Waals surface area contributed by atoms with Crippen molar-refractivity contribution >= 4 is 0 Å². The summed E-state index contributed by atoms with van der Waals surface area (Å²) < 4.78 is 16.1. The van der Waals surface area contributed by atoms with Crippen molar-refractivity contribution in [1.29, 1.82) is 0 Å². The normalized spacial score (nSPS) is 10.4. The molecule has 1 aromatic carbocycles. The molecule has 0 aliphatic rings. The van der Waals surface area contributed by atoms with Gasteiger partial charge in [-0.25, -0.2) is 4.98 Å². The van der Waals surface area contributed by atoms with E-state index in [0.717, 1.165) is 29.3 Å². The topological polar surface area (TPSA) is 53.5 Å². The molecule has 0 atom stereocenters.